The molecule has 3 heteroatoms. The molecule has 0 aliphatic heterocycles. The summed E-state index contributed by atoms with van der Waals surface area (Å²) in [5.41, 5.74) is -0.0309. The van der Waals surface area contributed by atoms with Crippen LogP contribution in [0, 0.1) is 0 Å². The van der Waals surface area contributed by atoms with Gasteiger partial charge in [0.25, 0.3) is 0 Å². The molecule has 0 radical (unpaired) electrons. The molecule has 0 saturated carbocycles. The Morgan fingerprint density at radius 2 is 1.45 bits per heavy atom. The molecule has 0 aromatic carbocycles. The van der Waals surface area contributed by atoms with Crippen LogP contribution in [0.15, 0.2) is 0 Å². The van der Waals surface area contributed by atoms with Gasteiger partial charge in [-0.25, -0.2) is 0 Å². The van der Waals surface area contributed by atoms with Gasteiger partial charge < -0.3 is 9.64 Å². The Morgan fingerprint density at radius 3 is 1.95 bits per heavy atom. The van der Waals surface area contributed by atoms with Crippen LogP contribution in [0.3, 0.4) is 0 Å². The molecule has 22 heavy (non-hydrogen) atoms. The van der Waals surface area contributed by atoms with Gasteiger partial charge in [0, 0.05) is 19.5 Å². The van der Waals surface area contributed by atoms with Crippen LogP contribution in [-0.4, -0.2) is 35.6 Å². The number of carbonyl (C=O) groups excluding carboxylic acids is 1. The zero-order chi connectivity index (χ0) is 17.0. The van der Waals surface area contributed by atoms with Crippen LogP contribution in [-0.2, 0) is 9.53 Å². The van der Waals surface area contributed by atoms with E-state index in [1.54, 1.807) is 0 Å². The van der Waals surface area contributed by atoms with Crippen molar-refractivity contribution in [1.82, 2.24) is 4.90 Å². The van der Waals surface area contributed by atoms with Gasteiger partial charge in [-0.2, -0.15) is 0 Å². The van der Waals surface area contributed by atoms with Crippen molar-refractivity contribution in [3.8, 4) is 0 Å². The van der Waals surface area contributed by atoms with E-state index in [9.17, 15) is 4.79 Å². The Balaban J connectivity index is 3.46. The first-order valence-electron chi connectivity index (χ1n) is 9.25. The number of amides is 1. The highest BCUT2D eigenvalue weighted by molar-refractivity contribution is 5.75. The normalized spacial score (nSPS) is 13.2. The van der Waals surface area contributed by atoms with Gasteiger partial charge >= 0.3 is 0 Å². The average molecular weight is 314 g/mol. The van der Waals surface area contributed by atoms with Crippen molar-refractivity contribution in [3.63, 3.8) is 0 Å². The van der Waals surface area contributed by atoms with Crippen molar-refractivity contribution in [2.75, 3.05) is 13.1 Å². The highest BCUT2D eigenvalue weighted by atomic mass is 16.5. The Labute approximate surface area is 138 Å². The van der Waals surface area contributed by atoms with Gasteiger partial charge in [-0.05, 0) is 54.4 Å². The molecule has 0 aliphatic rings. The van der Waals surface area contributed by atoms with Gasteiger partial charge in [0.1, 0.15) is 0 Å². The minimum absolute atomic E-state index is 0.0309. The van der Waals surface area contributed by atoms with Crippen LogP contribution in [0.2, 0.25) is 0 Å². The quantitative estimate of drug-likeness (QED) is 0.465. The highest BCUT2D eigenvalue weighted by Gasteiger charge is 2.14. The number of carbonyl (C=O) groups is 1. The summed E-state index contributed by atoms with van der Waals surface area (Å²) in [5, 5.41) is 0. The molecular weight excluding hydrogens is 274 g/mol. The van der Waals surface area contributed by atoms with Crippen molar-refractivity contribution in [2.45, 2.75) is 105 Å². The van der Waals surface area contributed by atoms with E-state index in [1.807, 2.05) is 18.7 Å². The molecule has 0 rings (SSSR count). The topological polar surface area (TPSA) is 29.5 Å². The van der Waals surface area contributed by atoms with Crippen LogP contribution >= 0.6 is 0 Å². The summed E-state index contributed by atoms with van der Waals surface area (Å²) >= 11 is 0. The molecule has 0 aromatic rings. The monoisotopic (exact) mass is 313 g/mol. The van der Waals surface area contributed by atoms with E-state index >= 15 is 0 Å². The molecule has 0 aromatic heterocycles. The lowest BCUT2D eigenvalue weighted by atomic mass is 10.1. The first-order valence-corrected chi connectivity index (χ1v) is 9.25. The van der Waals surface area contributed by atoms with Crippen molar-refractivity contribution in [3.05, 3.63) is 0 Å². The maximum Gasteiger partial charge on any atom is 0.222 e. The smallest absolute Gasteiger partial charge is 0.222 e. The third kappa shape index (κ3) is 12.0. The Bertz CT molecular complexity index is 280. The SMILES string of the molecule is CCN(CC)C(=O)CCCCCCCCC(C)OC(C)(C)C. The fraction of sp³-hybridized carbons (Fsp3) is 0.947. The number of unbranched alkanes of at least 4 members (excludes halogenated alkanes) is 5. The maximum atomic E-state index is 11.8. The number of rotatable bonds is 12. The minimum atomic E-state index is -0.0309. The summed E-state index contributed by atoms with van der Waals surface area (Å²) in [4.78, 5) is 13.8. The summed E-state index contributed by atoms with van der Waals surface area (Å²) in [7, 11) is 0. The number of ether oxygens (including phenoxy) is 1. The molecule has 0 fully saturated rings. The van der Waals surface area contributed by atoms with Crippen molar-refractivity contribution < 1.29 is 9.53 Å². The summed E-state index contributed by atoms with van der Waals surface area (Å²) in [6.45, 7) is 14.3. The lowest BCUT2D eigenvalue weighted by molar-refractivity contribution is -0.130. The first-order chi connectivity index (χ1) is 10.3. The van der Waals surface area contributed by atoms with Crippen LogP contribution in [0.4, 0.5) is 0 Å². The van der Waals surface area contributed by atoms with E-state index in [0.717, 1.165) is 32.4 Å². The third-order valence-corrected chi connectivity index (χ3v) is 3.92. The molecule has 0 N–H and O–H groups in total. The predicted octanol–water partition coefficient (Wildman–Crippen LogP) is 5.18. The molecule has 0 heterocycles. The summed E-state index contributed by atoms with van der Waals surface area (Å²) < 4.78 is 5.91. The zero-order valence-electron chi connectivity index (χ0n) is 15.9. The van der Waals surface area contributed by atoms with E-state index in [2.05, 4.69) is 27.7 Å². The van der Waals surface area contributed by atoms with Gasteiger partial charge in [0.05, 0.1) is 11.7 Å². The van der Waals surface area contributed by atoms with Gasteiger partial charge in [0.15, 0.2) is 0 Å². The number of hydrogen-bond acceptors (Lipinski definition) is 2. The van der Waals surface area contributed by atoms with Gasteiger partial charge in [0.2, 0.25) is 5.91 Å². The third-order valence-electron chi connectivity index (χ3n) is 3.92. The molecule has 0 aliphatic carbocycles. The highest BCUT2D eigenvalue weighted by Crippen LogP contribution is 2.16. The van der Waals surface area contributed by atoms with Crippen molar-refractivity contribution in [1.29, 1.82) is 0 Å². The second kappa shape index (κ2) is 11.9. The van der Waals surface area contributed by atoms with Crippen molar-refractivity contribution in [2.24, 2.45) is 0 Å². The molecule has 132 valence electrons. The van der Waals surface area contributed by atoms with E-state index < -0.39 is 0 Å². The molecule has 0 saturated heterocycles. The summed E-state index contributed by atoms with van der Waals surface area (Å²) in [5.74, 6) is 0.318. The second-order valence-corrected chi connectivity index (χ2v) is 7.27. The van der Waals surface area contributed by atoms with Gasteiger partial charge in [-0.3, -0.25) is 4.79 Å². The summed E-state index contributed by atoms with van der Waals surface area (Å²) in [6, 6.07) is 0. The minimum Gasteiger partial charge on any atom is -0.373 e. The maximum absolute atomic E-state index is 11.8. The lowest BCUT2D eigenvalue weighted by Gasteiger charge is -2.25. The molecule has 0 spiro atoms. The predicted molar refractivity (Wildman–Crippen MR) is 95.2 cm³/mol. The molecule has 0 bridgehead atoms. The van der Waals surface area contributed by atoms with Crippen LogP contribution in [0.1, 0.15) is 92.9 Å². The first kappa shape index (κ1) is 21.4. The fourth-order valence-electron chi connectivity index (χ4n) is 2.81. The van der Waals surface area contributed by atoms with Crippen LogP contribution in [0.25, 0.3) is 0 Å². The molecule has 1 atom stereocenters. The number of nitrogens with zero attached hydrogens (tertiary/aromatic N) is 1. The fourth-order valence-corrected chi connectivity index (χ4v) is 2.81. The van der Waals surface area contributed by atoms with Gasteiger partial charge in [-0.15, -0.1) is 0 Å². The molecule has 3 nitrogen and oxygen atoms in total. The Morgan fingerprint density at radius 1 is 0.955 bits per heavy atom. The standard InChI is InChI=1S/C19H39NO2/c1-7-20(8-2)18(21)16-14-12-10-9-11-13-15-17(3)22-19(4,5)6/h17H,7-16H2,1-6H3. The zero-order valence-corrected chi connectivity index (χ0v) is 15.9. The average Bonchev–Trinajstić information content (AvgIpc) is 2.41. The lowest BCUT2D eigenvalue weighted by Crippen LogP contribution is -2.30. The van der Waals surface area contributed by atoms with Gasteiger partial charge in [-0.1, -0.05) is 32.1 Å². The largest absolute Gasteiger partial charge is 0.373 e. The van der Waals surface area contributed by atoms with Crippen LogP contribution < -0.4 is 0 Å². The van der Waals surface area contributed by atoms with E-state index in [-0.39, 0.29) is 5.60 Å². The second-order valence-electron chi connectivity index (χ2n) is 7.27. The van der Waals surface area contributed by atoms with E-state index in [1.165, 1.54) is 32.1 Å². The van der Waals surface area contributed by atoms with E-state index in [4.69, 9.17) is 4.74 Å². The Hall–Kier alpha value is -0.570. The molecular formula is C19H39NO2. The number of hydrogen-bond donors (Lipinski definition) is 0. The molecule has 1 unspecified atom stereocenters. The summed E-state index contributed by atoms with van der Waals surface area (Å²) in [6.07, 6.45) is 9.50. The van der Waals surface area contributed by atoms with E-state index in [0.29, 0.717) is 12.0 Å². The van der Waals surface area contributed by atoms with Crippen molar-refractivity contribution >= 4 is 5.91 Å². The van der Waals surface area contributed by atoms with Crippen LogP contribution in [0.5, 0.6) is 0 Å². The molecule has 1 amide bonds. The Kier molecular flexibility index (Phi) is 11.6.